The Labute approximate surface area is 102 Å². The Morgan fingerprint density at radius 2 is 2.47 bits per heavy atom. The highest BCUT2D eigenvalue weighted by Crippen LogP contribution is 2.19. The Morgan fingerprint density at radius 3 is 3.12 bits per heavy atom. The maximum Gasteiger partial charge on any atom is 0.231 e. The molecular formula is C12H20N4O. The molecular weight excluding hydrogens is 216 g/mol. The average Bonchev–Trinajstić information content (AvgIpc) is 2.64. The number of likely N-dealkylation sites (tertiary alicyclic amines) is 1. The van der Waals surface area contributed by atoms with Gasteiger partial charge in [-0.15, -0.1) is 0 Å². The Kier molecular flexibility index (Phi) is 3.78. The second-order valence-electron chi connectivity index (χ2n) is 4.87. The highest BCUT2D eigenvalue weighted by molar-refractivity contribution is 5.75. The maximum atomic E-state index is 10.9. The van der Waals surface area contributed by atoms with Crippen LogP contribution in [0, 0.1) is 5.92 Å². The van der Waals surface area contributed by atoms with Gasteiger partial charge in [-0.25, -0.2) is 4.98 Å². The summed E-state index contributed by atoms with van der Waals surface area (Å²) in [6, 6.07) is 0. The summed E-state index contributed by atoms with van der Waals surface area (Å²) in [7, 11) is 2.02. The van der Waals surface area contributed by atoms with Crippen LogP contribution in [0.1, 0.15) is 18.7 Å². The predicted molar refractivity (Wildman–Crippen MR) is 65.3 cm³/mol. The molecule has 0 aromatic carbocycles. The first kappa shape index (κ1) is 12.1. The van der Waals surface area contributed by atoms with Gasteiger partial charge in [-0.1, -0.05) is 0 Å². The van der Waals surface area contributed by atoms with E-state index in [4.69, 9.17) is 5.73 Å². The molecule has 0 radical (unpaired) electrons. The van der Waals surface area contributed by atoms with E-state index in [-0.39, 0.29) is 5.91 Å². The molecule has 2 rings (SSSR count). The van der Waals surface area contributed by atoms with Crippen molar-refractivity contribution in [2.45, 2.75) is 19.3 Å². The van der Waals surface area contributed by atoms with Gasteiger partial charge in [0.05, 0.1) is 6.54 Å². The molecule has 1 aliphatic rings. The van der Waals surface area contributed by atoms with Crippen LogP contribution < -0.4 is 5.73 Å². The molecule has 1 aromatic heterocycles. The molecule has 1 fully saturated rings. The number of nitrogens with two attached hydrogens (primary N) is 1. The van der Waals surface area contributed by atoms with Crippen LogP contribution in [0.3, 0.4) is 0 Å². The molecule has 0 saturated carbocycles. The van der Waals surface area contributed by atoms with Gasteiger partial charge in [-0.05, 0) is 25.3 Å². The number of amides is 1. The van der Waals surface area contributed by atoms with Crippen LogP contribution >= 0.6 is 0 Å². The number of primary amides is 1. The average molecular weight is 236 g/mol. The number of piperidine rings is 1. The number of hydrogen-bond donors (Lipinski definition) is 1. The van der Waals surface area contributed by atoms with E-state index in [0.29, 0.717) is 12.5 Å². The zero-order valence-corrected chi connectivity index (χ0v) is 10.3. The lowest BCUT2D eigenvalue weighted by Gasteiger charge is -2.31. The topological polar surface area (TPSA) is 64.2 Å². The summed E-state index contributed by atoms with van der Waals surface area (Å²) >= 11 is 0. The van der Waals surface area contributed by atoms with Crippen LogP contribution in [-0.2, 0) is 18.3 Å². The monoisotopic (exact) mass is 236 g/mol. The number of carbonyl (C=O) groups excluding carboxylic acids is 1. The van der Waals surface area contributed by atoms with E-state index in [1.807, 2.05) is 19.4 Å². The second-order valence-corrected chi connectivity index (χ2v) is 4.87. The van der Waals surface area contributed by atoms with E-state index in [1.165, 1.54) is 6.42 Å². The van der Waals surface area contributed by atoms with Crippen molar-refractivity contribution in [3.63, 3.8) is 0 Å². The number of aromatic nitrogens is 2. The zero-order valence-electron chi connectivity index (χ0n) is 10.3. The standard InChI is InChI=1S/C12H20N4O/c1-15-6-4-14-12(15)7-10-3-2-5-16(8-10)9-11(13)17/h4,6,10H,2-3,5,7-9H2,1H3,(H2,13,17). The minimum Gasteiger partial charge on any atom is -0.369 e. The van der Waals surface area contributed by atoms with Crippen LogP contribution in [-0.4, -0.2) is 40.0 Å². The number of carbonyl (C=O) groups is 1. The summed E-state index contributed by atoms with van der Waals surface area (Å²) in [5.41, 5.74) is 5.23. The highest BCUT2D eigenvalue weighted by Gasteiger charge is 2.22. The second kappa shape index (κ2) is 5.31. The molecule has 1 saturated heterocycles. The summed E-state index contributed by atoms with van der Waals surface area (Å²) in [5.74, 6) is 1.47. The lowest BCUT2D eigenvalue weighted by atomic mass is 9.94. The Balaban J connectivity index is 1.89. The molecule has 0 bridgehead atoms. The third kappa shape index (κ3) is 3.30. The summed E-state index contributed by atoms with van der Waals surface area (Å²) < 4.78 is 2.06. The number of aryl methyl sites for hydroxylation is 1. The summed E-state index contributed by atoms with van der Waals surface area (Å²) in [6.45, 7) is 2.33. The molecule has 1 atom stereocenters. The van der Waals surface area contributed by atoms with Crippen molar-refractivity contribution in [2.24, 2.45) is 18.7 Å². The lowest BCUT2D eigenvalue weighted by Crippen LogP contribution is -2.41. The van der Waals surface area contributed by atoms with Crippen molar-refractivity contribution in [1.82, 2.24) is 14.5 Å². The lowest BCUT2D eigenvalue weighted by molar-refractivity contribution is -0.119. The van der Waals surface area contributed by atoms with Crippen LogP contribution in [0.2, 0.25) is 0 Å². The molecule has 0 aliphatic carbocycles. The van der Waals surface area contributed by atoms with Crippen molar-refractivity contribution in [1.29, 1.82) is 0 Å². The van der Waals surface area contributed by atoms with Gasteiger partial charge in [0, 0.05) is 32.4 Å². The molecule has 17 heavy (non-hydrogen) atoms. The Hall–Kier alpha value is -1.36. The minimum absolute atomic E-state index is 0.234. The fraction of sp³-hybridized carbons (Fsp3) is 0.667. The van der Waals surface area contributed by atoms with Gasteiger partial charge >= 0.3 is 0 Å². The maximum absolute atomic E-state index is 10.9. The van der Waals surface area contributed by atoms with E-state index in [0.717, 1.165) is 31.8 Å². The molecule has 1 amide bonds. The van der Waals surface area contributed by atoms with E-state index in [9.17, 15) is 4.79 Å². The largest absolute Gasteiger partial charge is 0.369 e. The fourth-order valence-corrected chi connectivity index (χ4v) is 2.53. The number of imidazole rings is 1. The van der Waals surface area contributed by atoms with Crippen molar-refractivity contribution >= 4 is 5.91 Å². The molecule has 5 heteroatoms. The molecule has 5 nitrogen and oxygen atoms in total. The molecule has 2 heterocycles. The van der Waals surface area contributed by atoms with Crippen molar-refractivity contribution < 1.29 is 4.79 Å². The molecule has 0 spiro atoms. The first-order valence-corrected chi connectivity index (χ1v) is 6.12. The first-order valence-electron chi connectivity index (χ1n) is 6.12. The van der Waals surface area contributed by atoms with Gasteiger partial charge in [-0.3, -0.25) is 9.69 Å². The van der Waals surface area contributed by atoms with Crippen molar-refractivity contribution in [3.8, 4) is 0 Å². The molecule has 1 aromatic rings. The quantitative estimate of drug-likeness (QED) is 0.810. The smallest absolute Gasteiger partial charge is 0.231 e. The van der Waals surface area contributed by atoms with Crippen LogP contribution in [0.4, 0.5) is 0 Å². The molecule has 1 aliphatic heterocycles. The molecule has 94 valence electrons. The van der Waals surface area contributed by atoms with E-state index >= 15 is 0 Å². The first-order chi connectivity index (χ1) is 8.15. The zero-order chi connectivity index (χ0) is 12.3. The SMILES string of the molecule is Cn1ccnc1CC1CCCN(CC(N)=O)C1. The van der Waals surface area contributed by atoms with Gasteiger partial charge in [0.1, 0.15) is 5.82 Å². The normalized spacial score (nSPS) is 21.6. The molecule has 2 N–H and O–H groups in total. The third-order valence-electron chi connectivity index (χ3n) is 3.37. The van der Waals surface area contributed by atoms with Crippen LogP contribution in [0.5, 0.6) is 0 Å². The van der Waals surface area contributed by atoms with E-state index in [1.54, 1.807) is 0 Å². The van der Waals surface area contributed by atoms with Gasteiger partial charge < -0.3 is 10.3 Å². The minimum atomic E-state index is -0.234. The van der Waals surface area contributed by atoms with Crippen molar-refractivity contribution in [3.05, 3.63) is 18.2 Å². The van der Waals surface area contributed by atoms with Crippen LogP contribution in [0.25, 0.3) is 0 Å². The predicted octanol–water partition coefficient (Wildman–Crippen LogP) is 0.160. The van der Waals surface area contributed by atoms with E-state index < -0.39 is 0 Å². The number of rotatable bonds is 4. The fourth-order valence-electron chi connectivity index (χ4n) is 2.53. The van der Waals surface area contributed by atoms with Crippen molar-refractivity contribution in [2.75, 3.05) is 19.6 Å². The summed E-state index contributed by atoms with van der Waals surface area (Å²) in [4.78, 5) is 17.4. The Morgan fingerprint density at radius 1 is 1.65 bits per heavy atom. The van der Waals surface area contributed by atoms with E-state index in [2.05, 4.69) is 14.5 Å². The summed E-state index contributed by atoms with van der Waals surface area (Å²) in [5, 5.41) is 0. The Bertz CT molecular complexity index is 388. The number of hydrogen-bond acceptors (Lipinski definition) is 3. The van der Waals surface area contributed by atoms with Gasteiger partial charge in [-0.2, -0.15) is 0 Å². The summed E-state index contributed by atoms with van der Waals surface area (Å²) in [6.07, 6.45) is 7.14. The van der Waals surface area contributed by atoms with Gasteiger partial charge in [0.15, 0.2) is 0 Å². The van der Waals surface area contributed by atoms with Gasteiger partial charge in [0.25, 0.3) is 0 Å². The molecule has 1 unspecified atom stereocenters. The van der Waals surface area contributed by atoms with Gasteiger partial charge in [0.2, 0.25) is 5.91 Å². The number of nitrogens with zero attached hydrogens (tertiary/aromatic N) is 3. The third-order valence-corrected chi connectivity index (χ3v) is 3.37. The van der Waals surface area contributed by atoms with Crippen LogP contribution in [0.15, 0.2) is 12.4 Å². The highest BCUT2D eigenvalue weighted by atomic mass is 16.1.